The van der Waals surface area contributed by atoms with Crippen molar-refractivity contribution in [2.45, 2.75) is 13.0 Å². The van der Waals surface area contributed by atoms with Crippen molar-refractivity contribution >= 4 is 22.6 Å². The molecule has 0 radical (unpaired) electrons. The standard InChI is InChI=1S/C19H30N4O4S.CH2O2/c1-16-4-6-17(7-5-16)18(20(2)3)19(24)21-8-10-22(11-9-21)28(25,26)23-12-14-27-15-13-23;2-1-3/h4-7,18H,8-15H2,1-3H3;1H,(H,2,3). The van der Waals surface area contributed by atoms with Crippen LogP contribution in [0.3, 0.4) is 0 Å². The van der Waals surface area contributed by atoms with Crippen molar-refractivity contribution in [1.29, 1.82) is 0 Å². The first-order chi connectivity index (χ1) is 14.7. The first-order valence-electron chi connectivity index (χ1n) is 10.1. The number of aryl methyl sites for hydroxylation is 1. The van der Waals surface area contributed by atoms with Crippen molar-refractivity contribution in [1.82, 2.24) is 18.4 Å². The van der Waals surface area contributed by atoms with Crippen molar-refractivity contribution < 1.29 is 27.9 Å². The van der Waals surface area contributed by atoms with Gasteiger partial charge in [0.15, 0.2) is 0 Å². The molecule has 31 heavy (non-hydrogen) atoms. The SMILES string of the molecule is Cc1ccc(C(C(=O)N2CCN(S(=O)(=O)N3CCOCC3)CC2)N(C)C)cc1.O=CO. The lowest BCUT2D eigenvalue weighted by Crippen LogP contribution is -2.56. The van der Waals surface area contributed by atoms with E-state index >= 15 is 0 Å². The van der Waals surface area contributed by atoms with E-state index in [-0.39, 0.29) is 18.4 Å². The van der Waals surface area contributed by atoms with Crippen molar-refractivity contribution in [2.24, 2.45) is 0 Å². The highest BCUT2D eigenvalue weighted by Crippen LogP contribution is 2.23. The van der Waals surface area contributed by atoms with Crippen molar-refractivity contribution in [3.05, 3.63) is 35.4 Å². The quantitative estimate of drug-likeness (QED) is 0.622. The molecule has 11 heteroatoms. The Morgan fingerprint density at radius 2 is 1.52 bits per heavy atom. The molecule has 1 aromatic carbocycles. The second kappa shape index (κ2) is 11.5. The van der Waals surface area contributed by atoms with Gasteiger partial charge in [-0.25, -0.2) is 0 Å². The van der Waals surface area contributed by atoms with E-state index in [0.29, 0.717) is 52.5 Å². The second-order valence-electron chi connectivity index (χ2n) is 7.63. The van der Waals surface area contributed by atoms with E-state index in [9.17, 15) is 13.2 Å². The smallest absolute Gasteiger partial charge is 0.290 e. The van der Waals surface area contributed by atoms with Crippen LogP contribution < -0.4 is 0 Å². The first kappa shape index (κ1) is 25.2. The fraction of sp³-hybridized carbons (Fsp3) is 0.600. The fourth-order valence-electron chi connectivity index (χ4n) is 3.66. The van der Waals surface area contributed by atoms with E-state index in [1.54, 1.807) is 4.90 Å². The van der Waals surface area contributed by atoms with E-state index in [4.69, 9.17) is 14.6 Å². The Bertz CT molecular complexity index is 817. The third kappa shape index (κ3) is 6.47. The summed E-state index contributed by atoms with van der Waals surface area (Å²) in [6, 6.07) is 7.61. The summed E-state index contributed by atoms with van der Waals surface area (Å²) in [6.45, 7) is 4.84. The predicted octanol–water partition coefficient (Wildman–Crippen LogP) is 0.0197. The zero-order valence-corrected chi connectivity index (χ0v) is 19.1. The Morgan fingerprint density at radius 3 is 2.00 bits per heavy atom. The maximum absolute atomic E-state index is 13.2. The molecule has 174 valence electrons. The van der Waals surface area contributed by atoms with Crippen molar-refractivity contribution in [3.63, 3.8) is 0 Å². The Hall–Kier alpha value is -2.05. The largest absolute Gasteiger partial charge is 0.483 e. The summed E-state index contributed by atoms with van der Waals surface area (Å²) in [7, 11) is 0.291. The number of hydrogen-bond donors (Lipinski definition) is 1. The molecule has 10 nitrogen and oxygen atoms in total. The van der Waals surface area contributed by atoms with Crippen LogP contribution in [0.15, 0.2) is 24.3 Å². The number of carboxylic acid groups (broad SMARTS) is 1. The van der Waals surface area contributed by atoms with Crippen LogP contribution in [0.4, 0.5) is 0 Å². The number of nitrogens with zero attached hydrogens (tertiary/aromatic N) is 4. The summed E-state index contributed by atoms with van der Waals surface area (Å²) >= 11 is 0. The molecule has 2 saturated heterocycles. The van der Waals surface area contributed by atoms with Crippen LogP contribution in [-0.4, -0.2) is 111 Å². The summed E-state index contributed by atoms with van der Waals surface area (Å²) in [5, 5.41) is 6.89. The lowest BCUT2D eigenvalue weighted by Gasteiger charge is -2.39. The molecule has 0 saturated carbocycles. The molecule has 3 rings (SSSR count). The monoisotopic (exact) mass is 456 g/mol. The van der Waals surface area contributed by atoms with Crippen LogP contribution in [0.5, 0.6) is 0 Å². The predicted molar refractivity (Wildman–Crippen MR) is 116 cm³/mol. The fourth-order valence-corrected chi connectivity index (χ4v) is 5.22. The van der Waals surface area contributed by atoms with E-state index in [1.807, 2.05) is 50.2 Å². The van der Waals surface area contributed by atoms with Crippen LogP contribution in [-0.2, 0) is 24.5 Å². The van der Waals surface area contributed by atoms with Gasteiger partial charge in [0, 0.05) is 39.3 Å². The molecule has 2 fully saturated rings. The molecule has 0 aliphatic carbocycles. The van der Waals surface area contributed by atoms with Crippen LogP contribution >= 0.6 is 0 Å². The van der Waals surface area contributed by atoms with Crippen molar-refractivity contribution in [2.75, 3.05) is 66.6 Å². The highest BCUT2D eigenvalue weighted by molar-refractivity contribution is 7.86. The maximum atomic E-state index is 13.2. The maximum Gasteiger partial charge on any atom is 0.290 e. The van der Waals surface area contributed by atoms with Gasteiger partial charge in [0.05, 0.1) is 13.2 Å². The van der Waals surface area contributed by atoms with E-state index < -0.39 is 10.2 Å². The van der Waals surface area contributed by atoms with Crippen LogP contribution in [0, 0.1) is 6.92 Å². The molecule has 0 aromatic heterocycles. The topological polar surface area (TPSA) is 111 Å². The van der Waals surface area contributed by atoms with Gasteiger partial charge in [0.25, 0.3) is 16.7 Å². The van der Waals surface area contributed by atoms with Crippen LogP contribution in [0.25, 0.3) is 0 Å². The Labute approximate surface area is 184 Å². The number of likely N-dealkylation sites (N-methyl/N-ethyl adjacent to an activating group) is 1. The number of rotatable bonds is 5. The lowest BCUT2D eigenvalue weighted by molar-refractivity contribution is -0.137. The number of benzene rings is 1. The molecule has 1 amide bonds. The molecule has 1 aromatic rings. The zero-order chi connectivity index (χ0) is 23.0. The zero-order valence-electron chi connectivity index (χ0n) is 18.3. The van der Waals surface area contributed by atoms with Gasteiger partial charge in [0.2, 0.25) is 5.91 Å². The molecule has 1 N–H and O–H groups in total. The normalized spacial score (nSPS) is 19.4. The van der Waals surface area contributed by atoms with Crippen LogP contribution in [0.2, 0.25) is 0 Å². The molecule has 0 bridgehead atoms. The van der Waals surface area contributed by atoms with Crippen molar-refractivity contribution in [3.8, 4) is 0 Å². The number of ether oxygens (including phenoxy) is 1. The first-order valence-corrected chi connectivity index (χ1v) is 11.5. The summed E-state index contributed by atoms with van der Waals surface area (Å²) in [5.74, 6) is 0.0114. The number of carbonyl (C=O) groups is 2. The number of carbonyl (C=O) groups excluding carboxylic acids is 1. The van der Waals surface area contributed by atoms with Gasteiger partial charge in [-0.3, -0.25) is 14.5 Å². The molecular weight excluding hydrogens is 424 g/mol. The number of amides is 1. The lowest BCUT2D eigenvalue weighted by atomic mass is 10.0. The molecule has 2 aliphatic rings. The summed E-state index contributed by atoms with van der Waals surface area (Å²) in [4.78, 5) is 25.2. The minimum absolute atomic E-state index is 0.0114. The minimum Gasteiger partial charge on any atom is -0.483 e. The third-order valence-electron chi connectivity index (χ3n) is 5.32. The molecule has 2 aliphatic heterocycles. The number of piperazine rings is 1. The van der Waals surface area contributed by atoms with E-state index in [0.717, 1.165) is 11.1 Å². The van der Waals surface area contributed by atoms with Gasteiger partial charge < -0.3 is 14.7 Å². The average Bonchev–Trinajstić information content (AvgIpc) is 2.76. The highest BCUT2D eigenvalue weighted by atomic mass is 32.2. The number of morpholine rings is 1. The van der Waals surface area contributed by atoms with E-state index in [2.05, 4.69) is 0 Å². The Kier molecular flexibility index (Phi) is 9.38. The van der Waals surface area contributed by atoms with Gasteiger partial charge in [-0.1, -0.05) is 29.8 Å². The van der Waals surface area contributed by atoms with Gasteiger partial charge in [-0.05, 0) is 26.6 Å². The molecule has 2 heterocycles. The summed E-state index contributed by atoms with van der Waals surface area (Å²) in [6.07, 6.45) is 0. The summed E-state index contributed by atoms with van der Waals surface area (Å²) < 4.78 is 33.8. The Balaban J connectivity index is 0.00000107. The van der Waals surface area contributed by atoms with E-state index in [1.165, 1.54) is 8.61 Å². The number of hydrogen-bond acceptors (Lipinski definition) is 6. The third-order valence-corrected chi connectivity index (χ3v) is 7.35. The van der Waals surface area contributed by atoms with Crippen LogP contribution in [0.1, 0.15) is 17.2 Å². The van der Waals surface area contributed by atoms with Gasteiger partial charge in [0.1, 0.15) is 6.04 Å². The van der Waals surface area contributed by atoms with Gasteiger partial charge in [-0.2, -0.15) is 17.0 Å². The molecular formula is C20H32N4O6S. The van der Waals surface area contributed by atoms with Gasteiger partial charge >= 0.3 is 0 Å². The molecule has 1 unspecified atom stereocenters. The highest BCUT2D eigenvalue weighted by Gasteiger charge is 2.36. The average molecular weight is 457 g/mol. The summed E-state index contributed by atoms with van der Waals surface area (Å²) in [5.41, 5.74) is 2.10. The minimum atomic E-state index is -3.49. The van der Waals surface area contributed by atoms with Gasteiger partial charge in [-0.15, -0.1) is 0 Å². The molecule has 0 spiro atoms. The molecule has 1 atom stereocenters. The Morgan fingerprint density at radius 1 is 1.03 bits per heavy atom. The second-order valence-corrected chi connectivity index (χ2v) is 9.55.